The Morgan fingerprint density at radius 1 is 0.557 bits per heavy atom. The number of benzene rings is 8. The Balaban J connectivity index is 0.967. The number of fused-ring (bicyclic) bond motifs is 14. The molecule has 0 aliphatic heterocycles. The van der Waals surface area contributed by atoms with Crippen LogP contribution in [0.3, 0.4) is 0 Å². The molecule has 2 aliphatic rings. The van der Waals surface area contributed by atoms with E-state index in [2.05, 4.69) is 189 Å². The van der Waals surface area contributed by atoms with E-state index in [0.29, 0.717) is 11.8 Å². The van der Waals surface area contributed by atoms with Gasteiger partial charge in [-0.2, -0.15) is 0 Å². The normalized spacial score (nSPS) is 16.1. The minimum absolute atomic E-state index is 0.179. The molecule has 0 bridgehead atoms. The summed E-state index contributed by atoms with van der Waals surface area (Å²) in [5.74, 6) is 1.35. The molecule has 61 heavy (non-hydrogen) atoms. The summed E-state index contributed by atoms with van der Waals surface area (Å²) in [4.78, 5) is 0. The second kappa shape index (κ2) is 14.7. The van der Waals surface area contributed by atoms with Gasteiger partial charge < -0.3 is 0 Å². The largest absolute Gasteiger partial charge is 0.135 e. The van der Waals surface area contributed by atoms with Gasteiger partial charge in [0.05, 0.1) is 0 Å². The van der Waals surface area contributed by atoms with Gasteiger partial charge in [-0.1, -0.05) is 158 Å². The van der Waals surface area contributed by atoms with Crippen LogP contribution in [0.5, 0.6) is 0 Å². The van der Waals surface area contributed by atoms with Crippen molar-refractivity contribution >= 4 is 68.6 Å². The Morgan fingerprint density at radius 3 is 1.95 bits per heavy atom. The molecule has 0 N–H and O–H groups in total. The van der Waals surface area contributed by atoms with Crippen LogP contribution < -0.4 is 0 Å². The van der Waals surface area contributed by atoms with Crippen molar-refractivity contribution < 1.29 is 0 Å². The van der Waals surface area contributed by atoms with Gasteiger partial charge in [-0.3, -0.25) is 0 Å². The average Bonchev–Trinajstić information content (AvgIpc) is 3.87. The summed E-state index contributed by atoms with van der Waals surface area (Å²) in [5.41, 5.74) is 17.2. The lowest BCUT2D eigenvalue weighted by molar-refractivity contribution is 0.343. The van der Waals surface area contributed by atoms with E-state index in [0.717, 1.165) is 12.0 Å². The molecule has 10 aromatic rings. The van der Waals surface area contributed by atoms with Crippen LogP contribution in [-0.2, 0) is 0 Å². The van der Waals surface area contributed by atoms with Gasteiger partial charge in [0.1, 0.15) is 0 Å². The van der Waals surface area contributed by atoms with Gasteiger partial charge in [-0.15, -0.1) is 22.7 Å². The van der Waals surface area contributed by atoms with Crippen molar-refractivity contribution in [2.24, 2.45) is 0 Å². The zero-order chi connectivity index (χ0) is 40.6. The number of hydrogen-bond acceptors (Lipinski definition) is 2. The third kappa shape index (κ3) is 5.99. The SMILES string of the molecule is C=C(CC(/C=C\C)c1cccc(-c2cccc3c2-c2c(ccc4c2sc2c4ccc4sc5ccccc5c42)[C@H]2CC[C@@H]32)c1)c1cc(-c2ccccc2)cc(-c2ccccc2)c1. The Labute approximate surface area is 365 Å². The first-order valence-electron chi connectivity index (χ1n) is 21.7. The van der Waals surface area contributed by atoms with Crippen LogP contribution in [0.25, 0.3) is 90.4 Å². The lowest BCUT2D eigenvalue weighted by Crippen LogP contribution is -2.26. The van der Waals surface area contributed by atoms with Crippen LogP contribution in [-0.4, -0.2) is 0 Å². The molecule has 0 radical (unpaired) electrons. The second-order valence-electron chi connectivity index (χ2n) is 17.1. The Morgan fingerprint density at radius 2 is 1.21 bits per heavy atom. The molecular weight excluding hydrogens is 773 g/mol. The highest BCUT2D eigenvalue weighted by molar-refractivity contribution is 7.30. The molecule has 2 heterocycles. The summed E-state index contributed by atoms with van der Waals surface area (Å²) in [7, 11) is 0. The first-order chi connectivity index (χ1) is 30.1. The molecule has 0 nitrogen and oxygen atoms in total. The van der Waals surface area contributed by atoms with E-state index >= 15 is 0 Å². The van der Waals surface area contributed by atoms with Crippen LogP contribution in [0.15, 0.2) is 189 Å². The third-order valence-electron chi connectivity index (χ3n) is 13.7. The maximum Gasteiger partial charge on any atom is 0.0448 e. The van der Waals surface area contributed by atoms with E-state index in [4.69, 9.17) is 6.58 Å². The van der Waals surface area contributed by atoms with Crippen molar-refractivity contribution in [3.63, 3.8) is 0 Å². The van der Waals surface area contributed by atoms with Gasteiger partial charge in [-0.05, 0) is 135 Å². The molecule has 292 valence electrons. The molecule has 12 rings (SSSR count). The van der Waals surface area contributed by atoms with Crippen LogP contribution in [0.1, 0.15) is 66.2 Å². The summed E-state index contributed by atoms with van der Waals surface area (Å²) in [5, 5.41) is 5.58. The van der Waals surface area contributed by atoms with Crippen molar-refractivity contribution in [1.82, 2.24) is 0 Å². The van der Waals surface area contributed by atoms with Crippen molar-refractivity contribution in [1.29, 1.82) is 0 Å². The Bertz CT molecular complexity index is 3320. The highest BCUT2D eigenvalue weighted by Gasteiger charge is 2.41. The molecule has 0 saturated heterocycles. The van der Waals surface area contributed by atoms with Crippen molar-refractivity contribution in [3.8, 4) is 44.5 Å². The summed E-state index contributed by atoms with van der Waals surface area (Å²) < 4.78 is 5.62. The topological polar surface area (TPSA) is 0 Å². The van der Waals surface area contributed by atoms with Gasteiger partial charge in [0, 0.05) is 51.8 Å². The van der Waals surface area contributed by atoms with Crippen LogP contribution in [0, 0.1) is 0 Å². The Hall–Kier alpha value is -6.32. The van der Waals surface area contributed by atoms with E-state index in [1.165, 1.54) is 114 Å². The summed E-state index contributed by atoms with van der Waals surface area (Å²) in [6.45, 7) is 6.92. The summed E-state index contributed by atoms with van der Waals surface area (Å²) in [6.07, 6.45) is 7.93. The predicted molar refractivity (Wildman–Crippen MR) is 266 cm³/mol. The fourth-order valence-corrected chi connectivity index (χ4v) is 13.2. The zero-order valence-electron chi connectivity index (χ0n) is 34.2. The lowest BCUT2D eigenvalue weighted by Gasteiger charge is -2.44. The zero-order valence-corrected chi connectivity index (χ0v) is 35.8. The highest BCUT2D eigenvalue weighted by Crippen LogP contribution is 2.61. The molecular formula is C59H44S2. The Kier molecular flexibility index (Phi) is 8.80. The van der Waals surface area contributed by atoms with E-state index in [9.17, 15) is 0 Å². The van der Waals surface area contributed by atoms with Gasteiger partial charge in [0.25, 0.3) is 0 Å². The fourth-order valence-electron chi connectivity index (χ4n) is 10.6. The van der Waals surface area contributed by atoms with Gasteiger partial charge in [-0.25, -0.2) is 0 Å². The van der Waals surface area contributed by atoms with E-state index in [1.54, 1.807) is 5.56 Å². The maximum atomic E-state index is 4.77. The molecule has 1 saturated carbocycles. The summed E-state index contributed by atoms with van der Waals surface area (Å²) in [6, 6.07) is 63.6. The van der Waals surface area contributed by atoms with E-state index in [-0.39, 0.29) is 5.92 Å². The van der Waals surface area contributed by atoms with Gasteiger partial charge in [0.2, 0.25) is 0 Å². The molecule has 1 fully saturated rings. The minimum atomic E-state index is 0.179. The molecule has 8 aromatic carbocycles. The molecule has 3 atom stereocenters. The molecule has 2 aliphatic carbocycles. The van der Waals surface area contributed by atoms with Crippen LogP contribution >= 0.6 is 22.7 Å². The number of allylic oxidation sites excluding steroid dienone is 3. The van der Waals surface area contributed by atoms with Gasteiger partial charge in [0.15, 0.2) is 0 Å². The molecule has 2 heteroatoms. The third-order valence-corrected chi connectivity index (χ3v) is 16.1. The van der Waals surface area contributed by atoms with Crippen LogP contribution in [0.2, 0.25) is 0 Å². The monoisotopic (exact) mass is 816 g/mol. The number of thiophene rings is 2. The second-order valence-corrected chi connectivity index (χ2v) is 19.2. The van der Waals surface area contributed by atoms with E-state index in [1.807, 2.05) is 22.7 Å². The summed E-state index contributed by atoms with van der Waals surface area (Å²) >= 11 is 3.94. The van der Waals surface area contributed by atoms with Gasteiger partial charge >= 0.3 is 0 Å². The maximum absolute atomic E-state index is 4.77. The fraction of sp³-hybridized carbons (Fsp3) is 0.119. The smallest absolute Gasteiger partial charge is 0.0448 e. The molecule has 2 aromatic heterocycles. The highest BCUT2D eigenvalue weighted by atomic mass is 32.1. The number of rotatable bonds is 8. The number of hydrogen-bond donors (Lipinski definition) is 0. The average molecular weight is 817 g/mol. The van der Waals surface area contributed by atoms with Crippen LogP contribution in [0.4, 0.5) is 0 Å². The predicted octanol–water partition coefficient (Wildman–Crippen LogP) is 17.8. The van der Waals surface area contributed by atoms with Crippen molar-refractivity contribution in [3.05, 3.63) is 211 Å². The quantitative estimate of drug-likeness (QED) is 0.134. The first kappa shape index (κ1) is 36.5. The van der Waals surface area contributed by atoms with Crippen molar-refractivity contribution in [2.45, 2.75) is 43.9 Å². The van der Waals surface area contributed by atoms with E-state index < -0.39 is 0 Å². The standard InChI is InChI=1S/C59H44S2/c1-3-14-39(31-36(2)42-33-43(37-15-6-4-7-16-37)35-44(34-42)38-17-8-5-9-18-38)40-19-12-20-41(32-40)45-22-13-23-48-46-25-26-47(46)49-27-28-50-51-29-30-54-56(52-21-10-11-24-53(52)60-54)58(51)61-59(50)57(49)55(45)48/h3-24,27-30,32-35,39,46-47H,2,25-26,31H2,1H3/b14-3-/t39?,46-,47+/m1/s1. The first-order valence-corrected chi connectivity index (χ1v) is 23.3. The molecule has 0 spiro atoms. The van der Waals surface area contributed by atoms with Crippen molar-refractivity contribution in [2.75, 3.05) is 0 Å². The lowest BCUT2D eigenvalue weighted by atomic mass is 9.60. The molecule has 0 amide bonds. The molecule has 1 unspecified atom stereocenters. The minimum Gasteiger partial charge on any atom is -0.135 e.